The highest BCUT2D eigenvalue weighted by Gasteiger charge is 2.21. The smallest absolute Gasteiger partial charge is 0.0704 e. The number of para-hydroxylation sites is 1. The predicted octanol–water partition coefficient (Wildman–Crippen LogP) is 10.00. The van der Waals surface area contributed by atoms with Crippen molar-refractivity contribution >= 4 is 69.6 Å². The summed E-state index contributed by atoms with van der Waals surface area (Å²) in [5, 5.41) is 8.09. The number of fused-ring (bicyclic) bond motifs is 10. The maximum absolute atomic E-state index is 4.79. The molecule has 1 fully saturated rings. The van der Waals surface area contributed by atoms with E-state index in [1.807, 2.05) is 17.5 Å². The van der Waals surface area contributed by atoms with Crippen molar-refractivity contribution in [2.45, 2.75) is 32.1 Å². The average molecular weight is 507 g/mol. The molecule has 4 aromatic heterocycles. The summed E-state index contributed by atoms with van der Waals surface area (Å²) in [7, 11) is 0. The van der Waals surface area contributed by atoms with Gasteiger partial charge in [-0.05, 0) is 54.3 Å². The van der Waals surface area contributed by atoms with Crippen LogP contribution in [0.3, 0.4) is 0 Å². The first-order chi connectivity index (χ1) is 18.8. The molecule has 1 aliphatic carbocycles. The monoisotopic (exact) mass is 506 g/mol. The van der Waals surface area contributed by atoms with Gasteiger partial charge in [-0.15, -0.1) is 11.3 Å². The van der Waals surface area contributed by atoms with Crippen LogP contribution in [-0.4, -0.2) is 9.38 Å². The van der Waals surface area contributed by atoms with E-state index in [0.29, 0.717) is 0 Å². The van der Waals surface area contributed by atoms with Crippen LogP contribution in [0.2, 0.25) is 0 Å². The van der Waals surface area contributed by atoms with E-state index < -0.39 is 0 Å². The Labute approximate surface area is 224 Å². The standard InChI is InChI=1S/C35H26N2S/c1-2-7-21(6-1)18-22-16-17-36-29(19-22)23-12-14-30-28(20-23)25-9-5-10-27-33-31(37(30)34(25)27)15-13-26-24-8-3-4-11-32(24)38-35(26)33/h3-5,8-17,19-21H,1-2,6-7,18H2. The average Bonchev–Trinajstić information content (AvgIpc) is 3.73. The lowest BCUT2D eigenvalue weighted by Crippen LogP contribution is -1.99. The molecule has 1 aliphatic rings. The van der Waals surface area contributed by atoms with Gasteiger partial charge in [0.05, 0.1) is 22.2 Å². The van der Waals surface area contributed by atoms with Crippen LogP contribution in [0.25, 0.3) is 69.5 Å². The Balaban J connectivity index is 1.27. The van der Waals surface area contributed by atoms with E-state index in [0.717, 1.165) is 11.6 Å². The molecule has 0 aliphatic heterocycles. The molecule has 0 amide bonds. The molecule has 1 saturated carbocycles. The molecule has 3 heteroatoms. The fraction of sp³-hybridized carbons (Fsp3) is 0.171. The molecule has 0 unspecified atom stereocenters. The summed E-state index contributed by atoms with van der Waals surface area (Å²) in [6, 6.07) is 31.8. The SMILES string of the molecule is c1ccc2c(c1)sc1c2ccc2c1c1cccc3c4cc(-c5cc(CC6CCCC6)ccn5)ccc4n2c31. The number of aromatic nitrogens is 2. The van der Waals surface area contributed by atoms with E-state index in [9.17, 15) is 0 Å². The number of rotatable bonds is 3. The van der Waals surface area contributed by atoms with E-state index in [2.05, 4.69) is 89.3 Å². The number of pyridine rings is 1. The second kappa shape index (κ2) is 7.78. The molecule has 182 valence electrons. The normalized spacial score (nSPS) is 14.9. The number of hydrogen-bond acceptors (Lipinski definition) is 2. The van der Waals surface area contributed by atoms with Gasteiger partial charge in [-0.3, -0.25) is 4.98 Å². The summed E-state index contributed by atoms with van der Waals surface area (Å²) in [5.41, 5.74) is 7.63. The minimum atomic E-state index is 0.842. The van der Waals surface area contributed by atoms with Crippen molar-refractivity contribution in [3.8, 4) is 11.3 Å². The third-order valence-corrected chi connectivity index (χ3v) is 10.1. The fourth-order valence-electron chi connectivity index (χ4n) is 7.21. The van der Waals surface area contributed by atoms with Crippen molar-refractivity contribution in [1.82, 2.24) is 9.38 Å². The minimum absolute atomic E-state index is 0.842. The molecule has 0 N–H and O–H groups in total. The van der Waals surface area contributed by atoms with Gasteiger partial charge in [0.1, 0.15) is 0 Å². The van der Waals surface area contributed by atoms with Crippen LogP contribution in [-0.2, 0) is 6.42 Å². The first-order valence-electron chi connectivity index (χ1n) is 13.8. The minimum Gasteiger partial charge on any atom is -0.308 e. The number of benzene rings is 4. The van der Waals surface area contributed by atoms with Crippen LogP contribution >= 0.6 is 11.3 Å². The van der Waals surface area contributed by atoms with Crippen molar-refractivity contribution in [2.75, 3.05) is 0 Å². The van der Waals surface area contributed by atoms with Crippen LogP contribution in [0.1, 0.15) is 31.2 Å². The van der Waals surface area contributed by atoms with Crippen molar-refractivity contribution in [1.29, 1.82) is 0 Å². The first kappa shape index (κ1) is 21.0. The second-order valence-electron chi connectivity index (χ2n) is 11.1. The van der Waals surface area contributed by atoms with Gasteiger partial charge in [-0.25, -0.2) is 0 Å². The van der Waals surface area contributed by atoms with Crippen molar-refractivity contribution < 1.29 is 0 Å². The number of nitrogens with zero attached hydrogens (tertiary/aromatic N) is 2. The summed E-state index contributed by atoms with van der Waals surface area (Å²) in [6.07, 6.45) is 8.72. The second-order valence-corrected chi connectivity index (χ2v) is 12.2. The highest BCUT2D eigenvalue weighted by atomic mass is 32.1. The Morgan fingerprint density at radius 3 is 2.53 bits per heavy atom. The Kier molecular flexibility index (Phi) is 4.31. The first-order valence-corrected chi connectivity index (χ1v) is 14.6. The fourth-order valence-corrected chi connectivity index (χ4v) is 8.47. The van der Waals surface area contributed by atoms with Gasteiger partial charge in [0.25, 0.3) is 0 Å². The molecule has 0 bridgehead atoms. The maximum atomic E-state index is 4.79. The van der Waals surface area contributed by atoms with Crippen LogP contribution in [0, 0.1) is 5.92 Å². The molecular formula is C35H26N2S. The molecule has 38 heavy (non-hydrogen) atoms. The van der Waals surface area contributed by atoms with Crippen LogP contribution in [0.4, 0.5) is 0 Å². The molecule has 0 saturated heterocycles. The Hall–Kier alpha value is -3.95. The lowest BCUT2D eigenvalue weighted by atomic mass is 9.97. The van der Waals surface area contributed by atoms with Gasteiger partial charge in [0.2, 0.25) is 0 Å². The van der Waals surface area contributed by atoms with Crippen LogP contribution < -0.4 is 0 Å². The zero-order valence-electron chi connectivity index (χ0n) is 21.1. The molecule has 4 heterocycles. The van der Waals surface area contributed by atoms with E-state index in [-0.39, 0.29) is 0 Å². The molecule has 0 spiro atoms. The largest absolute Gasteiger partial charge is 0.308 e. The predicted molar refractivity (Wildman–Crippen MR) is 163 cm³/mol. The van der Waals surface area contributed by atoms with E-state index in [4.69, 9.17) is 4.98 Å². The van der Waals surface area contributed by atoms with Gasteiger partial charge in [0.15, 0.2) is 0 Å². The van der Waals surface area contributed by atoms with Crippen molar-refractivity contribution in [3.63, 3.8) is 0 Å². The van der Waals surface area contributed by atoms with Crippen LogP contribution in [0.5, 0.6) is 0 Å². The summed E-state index contributed by atoms with van der Waals surface area (Å²) >= 11 is 1.92. The molecule has 4 aromatic carbocycles. The molecule has 0 atom stereocenters. The van der Waals surface area contributed by atoms with Gasteiger partial charge in [-0.1, -0.05) is 74.2 Å². The summed E-state index contributed by atoms with van der Waals surface area (Å²) < 4.78 is 5.25. The van der Waals surface area contributed by atoms with Gasteiger partial charge < -0.3 is 4.40 Å². The Morgan fingerprint density at radius 1 is 0.737 bits per heavy atom. The van der Waals surface area contributed by atoms with Crippen molar-refractivity contribution in [2.24, 2.45) is 5.92 Å². The van der Waals surface area contributed by atoms with Crippen molar-refractivity contribution in [3.05, 3.63) is 96.7 Å². The maximum Gasteiger partial charge on any atom is 0.0704 e. The zero-order chi connectivity index (χ0) is 24.8. The molecule has 9 rings (SSSR count). The van der Waals surface area contributed by atoms with E-state index in [1.54, 1.807) is 0 Å². The van der Waals surface area contributed by atoms with Crippen LogP contribution in [0.15, 0.2) is 91.1 Å². The zero-order valence-corrected chi connectivity index (χ0v) is 21.9. The Bertz CT molecular complexity index is 2170. The third-order valence-electron chi connectivity index (χ3n) is 8.94. The summed E-state index contributed by atoms with van der Waals surface area (Å²) in [4.78, 5) is 4.79. The van der Waals surface area contributed by atoms with Gasteiger partial charge in [-0.2, -0.15) is 0 Å². The molecule has 8 aromatic rings. The molecular weight excluding hydrogens is 480 g/mol. The lowest BCUT2D eigenvalue weighted by molar-refractivity contribution is 0.546. The van der Waals surface area contributed by atoms with Gasteiger partial charge >= 0.3 is 0 Å². The summed E-state index contributed by atoms with van der Waals surface area (Å²) in [5.74, 6) is 0.842. The third kappa shape index (κ3) is 2.85. The highest BCUT2D eigenvalue weighted by Crippen LogP contribution is 2.45. The van der Waals surface area contributed by atoms with Gasteiger partial charge in [0, 0.05) is 53.5 Å². The quantitative estimate of drug-likeness (QED) is 0.233. The number of thiophene rings is 1. The van der Waals surface area contributed by atoms with E-state index in [1.165, 1.54) is 101 Å². The van der Waals surface area contributed by atoms with E-state index >= 15 is 0 Å². The Morgan fingerprint density at radius 2 is 1.58 bits per heavy atom. The molecule has 2 nitrogen and oxygen atoms in total. The molecule has 0 radical (unpaired) electrons. The number of hydrogen-bond donors (Lipinski definition) is 0. The summed E-state index contributed by atoms with van der Waals surface area (Å²) in [6.45, 7) is 0. The lowest BCUT2D eigenvalue weighted by Gasteiger charge is -2.10. The topological polar surface area (TPSA) is 17.3 Å². The highest BCUT2D eigenvalue weighted by molar-refractivity contribution is 7.26.